The van der Waals surface area contributed by atoms with Crippen molar-refractivity contribution in [1.29, 1.82) is 0 Å². The molecular weight excluding hydrogens is 682 g/mol. The molecule has 7 aromatic carbocycles. The Morgan fingerprint density at radius 2 is 1.16 bits per heavy atom. The summed E-state index contributed by atoms with van der Waals surface area (Å²) in [6, 6.07) is 56.0. The first kappa shape index (κ1) is 28.4. The van der Waals surface area contributed by atoms with Gasteiger partial charge in [-0.3, -0.25) is 4.57 Å². The molecule has 0 bridgehead atoms. The van der Waals surface area contributed by atoms with E-state index in [0.717, 1.165) is 37.7 Å². The minimum absolute atomic E-state index is 0.668. The van der Waals surface area contributed by atoms with E-state index in [1.807, 2.05) is 23.5 Å². The van der Waals surface area contributed by atoms with Gasteiger partial charge in [0, 0.05) is 41.8 Å². The number of hydrogen-bond donors (Lipinski definition) is 0. The second kappa shape index (κ2) is 11.2. The molecule has 0 saturated heterocycles. The standard InChI is InChI=1S/C44H26BrN3S/c45-41-36-26-30(22-24-40(36)49-43(41)33-18-10-14-27-11-4-5-15-31(27)33)29-21-23-39-35(25-29)32-16-7-9-20-38(32)48(39)44-46-37-19-8-6-17-34(37)42(47-44)28-12-2-1-3-13-28/h1-26H. The molecule has 0 atom stereocenters. The SMILES string of the molecule is Brc1c(-c2cccc3ccccc23)sc2ccc(-c3ccc4c(c3)c3ccccc3n4-c3nc(-c4ccccc4)c4ccccc4n3)cc12. The van der Waals surface area contributed by atoms with Crippen LogP contribution >= 0.6 is 27.3 Å². The molecule has 10 rings (SSSR count). The number of halogens is 1. The molecule has 0 fully saturated rings. The molecule has 230 valence electrons. The third kappa shape index (κ3) is 4.54. The molecule has 49 heavy (non-hydrogen) atoms. The molecule has 0 N–H and O–H groups in total. The lowest BCUT2D eigenvalue weighted by atomic mass is 10.0. The largest absolute Gasteiger partial charge is 0.278 e. The van der Waals surface area contributed by atoms with Gasteiger partial charge in [0.05, 0.1) is 27.1 Å². The Morgan fingerprint density at radius 3 is 2.04 bits per heavy atom. The van der Waals surface area contributed by atoms with Gasteiger partial charge in [-0.05, 0) is 74.2 Å². The van der Waals surface area contributed by atoms with Crippen molar-refractivity contribution < 1.29 is 0 Å². The Bertz CT molecular complexity index is 2900. The lowest BCUT2D eigenvalue weighted by Gasteiger charge is -2.12. The van der Waals surface area contributed by atoms with Crippen molar-refractivity contribution in [3.05, 3.63) is 162 Å². The van der Waals surface area contributed by atoms with Crippen molar-refractivity contribution in [1.82, 2.24) is 14.5 Å². The van der Waals surface area contributed by atoms with Crippen LogP contribution in [0.15, 0.2) is 162 Å². The summed E-state index contributed by atoms with van der Waals surface area (Å²) >= 11 is 5.85. The summed E-state index contributed by atoms with van der Waals surface area (Å²) in [5.41, 5.74) is 8.70. The Balaban J connectivity index is 1.14. The molecular formula is C44H26BrN3S. The number of fused-ring (bicyclic) bond motifs is 6. The topological polar surface area (TPSA) is 30.7 Å². The molecule has 0 amide bonds. The number of hydrogen-bond acceptors (Lipinski definition) is 3. The van der Waals surface area contributed by atoms with Crippen LogP contribution in [0.5, 0.6) is 0 Å². The molecule has 0 saturated carbocycles. The normalized spacial score (nSPS) is 11.8. The van der Waals surface area contributed by atoms with Crippen LogP contribution < -0.4 is 0 Å². The van der Waals surface area contributed by atoms with Crippen LogP contribution in [0.3, 0.4) is 0 Å². The predicted octanol–water partition coefficient (Wildman–Crippen LogP) is 12.9. The van der Waals surface area contributed by atoms with Crippen molar-refractivity contribution in [2.24, 2.45) is 0 Å². The zero-order valence-electron chi connectivity index (χ0n) is 26.1. The number of para-hydroxylation sites is 2. The van der Waals surface area contributed by atoms with Gasteiger partial charge >= 0.3 is 0 Å². The van der Waals surface area contributed by atoms with Crippen molar-refractivity contribution in [2.75, 3.05) is 0 Å². The summed E-state index contributed by atoms with van der Waals surface area (Å²) in [6.45, 7) is 0. The van der Waals surface area contributed by atoms with Gasteiger partial charge < -0.3 is 0 Å². The van der Waals surface area contributed by atoms with E-state index >= 15 is 0 Å². The Labute approximate surface area is 294 Å². The van der Waals surface area contributed by atoms with Gasteiger partial charge in [-0.25, -0.2) is 9.97 Å². The summed E-state index contributed by atoms with van der Waals surface area (Å²) < 4.78 is 4.62. The Hall–Kier alpha value is -5.62. The van der Waals surface area contributed by atoms with Gasteiger partial charge in [0.15, 0.2) is 0 Å². The lowest BCUT2D eigenvalue weighted by Crippen LogP contribution is -2.03. The molecule has 3 heterocycles. The van der Waals surface area contributed by atoms with Crippen LogP contribution in [-0.2, 0) is 0 Å². The van der Waals surface area contributed by atoms with Crippen LogP contribution in [0, 0.1) is 0 Å². The number of benzene rings is 7. The van der Waals surface area contributed by atoms with E-state index < -0.39 is 0 Å². The van der Waals surface area contributed by atoms with E-state index in [1.54, 1.807) is 0 Å². The van der Waals surface area contributed by atoms with E-state index in [1.165, 1.54) is 53.2 Å². The summed E-state index contributed by atoms with van der Waals surface area (Å²) in [5.74, 6) is 0.668. The van der Waals surface area contributed by atoms with Gasteiger partial charge in [0.2, 0.25) is 5.95 Å². The van der Waals surface area contributed by atoms with E-state index in [9.17, 15) is 0 Å². The number of nitrogens with zero attached hydrogens (tertiary/aromatic N) is 3. The first-order chi connectivity index (χ1) is 24.2. The van der Waals surface area contributed by atoms with E-state index in [4.69, 9.17) is 9.97 Å². The Morgan fingerprint density at radius 1 is 0.490 bits per heavy atom. The fourth-order valence-electron chi connectivity index (χ4n) is 7.19. The van der Waals surface area contributed by atoms with Crippen molar-refractivity contribution in [3.8, 4) is 38.8 Å². The highest BCUT2D eigenvalue weighted by Crippen LogP contribution is 2.46. The molecule has 3 aromatic heterocycles. The summed E-state index contributed by atoms with van der Waals surface area (Å²) in [6.07, 6.45) is 0. The molecule has 5 heteroatoms. The third-order valence-electron chi connectivity index (χ3n) is 9.51. The van der Waals surface area contributed by atoms with Gasteiger partial charge in [0.1, 0.15) is 0 Å². The predicted molar refractivity (Wildman–Crippen MR) is 211 cm³/mol. The number of rotatable bonds is 4. The monoisotopic (exact) mass is 707 g/mol. The quantitative estimate of drug-likeness (QED) is 0.182. The maximum atomic E-state index is 5.23. The van der Waals surface area contributed by atoms with Crippen LogP contribution in [0.4, 0.5) is 0 Å². The smallest absolute Gasteiger partial charge is 0.235 e. The van der Waals surface area contributed by atoms with Crippen LogP contribution in [0.2, 0.25) is 0 Å². The minimum atomic E-state index is 0.668. The zero-order valence-corrected chi connectivity index (χ0v) is 28.5. The molecule has 0 aliphatic carbocycles. The van der Waals surface area contributed by atoms with E-state index in [2.05, 4.69) is 166 Å². The Kier molecular flexibility index (Phi) is 6.51. The second-order valence-electron chi connectivity index (χ2n) is 12.3. The highest BCUT2D eigenvalue weighted by molar-refractivity contribution is 9.10. The average molecular weight is 709 g/mol. The third-order valence-corrected chi connectivity index (χ3v) is 11.8. The van der Waals surface area contributed by atoms with Crippen molar-refractivity contribution in [2.45, 2.75) is 0 Å². The summed E-state index contributed by atoms with van der Waals surface area (Å²) in [7, 11) is 0. The minimum Gasteiger partial charge on any atom is -0.278 e. The van der Waals surface area contributed by atoms with Gasteiger partial charge in [-0.1, -0.05) is 121 Å². The maximum Gasteiger partial charge on any atom is 0.235 e. The maximum absolute atomic E-state index is 5.23. The summed E-state index contributed by atoms with van der Waals surface area (Å²) in [5, 5.41) is 7.14. The fourth-order valence-corrected chi connectivity index (χ4v) is 9.22. The molecule has 3 nitrogen and oxygen atoms in total. The first-order valence-corrected chi connectivity index (χ1v) is 17.9. The average Bonchev–Trinajstić information content (AvgIpc) is 3.68. The number of aromatic nitrogens is 3. The second-order valence-corrected chi connectivity index (χ2v) is 14.2. The summed E-state index contributed by atoms with van der Waals surface area (Å²) in [4.78, 5) is 11.6. The van der Waals surface area contributed by atoms with Crippen LogP contribution in [-0.4, -0.2) is 14.5 Å². The van der Waals surface area contributed by atoms with Crippen LogP contribution in [0.1, 0.15) is 0 Å². The van der Waals surface area contributed by atoms with Gasteiger partial charge in [-0.15, -0.1) is 11.3 Å². The molecule has 0 radical (unpaired) electrons. The van der Waals surface area contributed by atoms with Gasteiger partial charge in [-0.2, -0.15) is 0 Å². The van der Waals surface area contributed by atoms with Crippen molar-refractivity contribution in [3.63, 3.8) is 0 Å². The fraction of sp³-hybridized carbons (Fsp3) is 0. The van der Waals surface area contributed by atoms with E-state index in [0.29, 0.717) is 5.95 Å². The molecule has 0 aliphatic rings. The highest BCUT2D eigenvalue weighted by Gasteiger charge is 2.19. The molecule has 0 spiro atoms. The molecule has 0 aliphatic heterocycles. The lowest BCUT2D eigenvalue weighted by molar-refractivity contribution is 1.01. The molecule has 10 aromatic rings. The zero-order chi connectivity index (χ0) is 32.5. The van der Waals surface area contributed by atoms with Gasteiger partial charge in [0.25, 0.3) is 0 Å². The van der Waals surface area contributed by atoms with Crippen molar-refractivity contribution >= 4 is 80.8 Å². The van der Waals surface area contributed by atoms with E-state index in [-0.39, 0.29) is 0 Å². The molecule has 0 unspecified atom stereocenters. The highest BCUT2D eigenvalue weighted by atomic mass is 79.9. The van der Waals surface area contributed by atoms with Crippen LogP contribution in [0.25, 0.3) is 92.3 Å². The number of thiophene rings is 1. The first-order valence-electron chi connectivity index (χ1n) is 16.3.